The smallest absolute Gasteiger partial charge is 0.324 e. The van der Waals surface area contributed by atoms with Crippen molar-refractivity contribution in [2.45, 2.75) is 13.1 Å². The van der Waals surface area contributed by atoms with E-state index >= 15 is 0 Å². The molecule has 0 heterocycles. The fourth-order valence-corrected chi connectivity index (χ4v) is 2.42. The summed E-state index contributed by atoms with van der Waals surface area (Å²) < 4.78 is 10.9. The zero-order chi connectivity index (χ0) is 11.8. The van der Waals surface area contributed by atoms with Crippen LogP contribution in [0.5, 0.6) is 0 Å². The van der Waals surface area contributed by atoms with Gasteiger partial charge in [0.05, 0.1) is 6.16 Å². The molecule has 0 unspecified atom stereocenters. The predicted octanol–water partition coefficient (Wildman–Crippen LogP) is 2.83. The van der Waals surface area contributed by atoms with E-state index in [4.69, 9.17) is 9.79 Å². The third-order valence-corrected chi connectivity index (χ3v) is 3.23. The highest BCUT2D eigenvalue weighted by atomic mass is 31.2. The third-order valence-electron chi connectivity index (χ3n) is 2.45. The summed E-state index contributed by atoms with van der Waals surface area (Å²) in [5.74, 6) is 0. The maximum atomic E-state index is 10.9. The molecule has 2 aromatic rings. The minimum absolute atomic E-state index is 0.198. The Kier molecular flexibility index (Phi) is 2.85. The second-order valence-corrected chi connectivity index (χ2v) is 5.65. The van der Waals surface area contributed by atoms with Gasteiger partial charge in [-0.05, 0) is 23.3 Å². The summed E-state index contributed by atoms with van der Waals surface area (Å²) in [4.78, 5) is 17.8. The van der Waals surface area contributed by atoms with Gasteiger partial charge in [-0.25, -0.2) is 0 Å². The van der Waals surface area contributed by atoms with Crippen LogP contribution >= 0.6 is 7.60 Å². The van der Waals surface area contributed by atoms with E-state index in [0.29, 0.717) is 5.56 Å². The Labute approximate surface area is 93.9 Å². The highest BCUT2D eigenvalue weighted by Gasteiger charge is 2.13. The van der Waals surface area contributed by atoms with Gasteiger partial charge in [0.2, 0.25) is 0 Å². The molecule has 2 N–H and O–H groups in total. The molecule has 0 radical (unpaired) electrons. The Morgan fingerprint density at radius 1 is 1.06 bits per heavy atom. The van der Waals surface area contributed by atoms with E-state index in [1.54, 1.807) is 6.07 Å². The van der Waals surface area contributed by atoms with Gasteiger partial charge in [-0.3, -0.25) is 4.57 Å². The standard InChI is InChI=1S/C12H13O3P/c1-9-2-4-12-7-10(8-16(13,14)15)3-5-11(12)6-9/h2-7H,8H2,1H3,(H2,13,14,15). The molecule has 2 rings (SSSR count). The second kappa shape index (κ2) is 4.02. The van der Waals surface area contributed by atoms with E-state index in [0.717, 1.165) is 10.8 Å². The summed E-state index contributed by atoms with van der Waals surface area (Å²) in [6.45, 7) is 2.02. The Bertz CT molecular complexity index is 571. The lowest BCUT2D eigenvalue weighted by molar-refractivity contribution is 0.372. The first-order valence-corrected chi connectivity index (χ1v) is 6.78. The van der Waals surface area contributed by atoms with Gasteiger partial charge in [0.15, 0.2) is 0 Å². The van der Waals surface area contributed by atoms with Gasteiger partial charge in [0.25, 0.3) is 0 Å². The molecule has 0 aliphatic rings. The number of hydrogen-bond acceptors (Lipinski definition) is 1. The Morgan fingerprint density at radius 3 is 2.38 bits per heavy atom. The fourth-order valence-electron chi connectivity index (χ4n) is 1.75. The van der Waals surface area contributed by atoms with Crippen molar-refractivity contribution in [3.63, 3.8) is 0 Å². The summed E-state index contributed by atoms with van der Waals surface area (Å²) >= 11 is 0. The molecule has 4 heteroatoms. The van der Waals surface area contributed by atoms with Gasteiger partial charge in [-0.2, -0.15) is 0 Å². The maximum absolute atomic E-state index is 10.9. The number of hydrogen-bond donors (Lipinski definition) is 2. The normalized spacial score (nSPS) is 11.9. The van der Waals surface area contributed by atoms with Gasteiger partial charge in [0, 0.05) is 0 Å². The molecule has 3 nitrogen and oxygen atoms in total. The minimum atomic E-state index is -3.98. The highest BCUT2D eigenvalue weighted by Crippen LogP contribution is 2.39. The lowest BCUT2D eigenvalue weighted by atomic mass is 10.1. The van der Waals surface area contributed by atoms with Crippen molar-refractivity contribution >= 4 is 18.4 Å². The zero-order valence-electron chi connectivity index (χ0n) is 8.92. The maximum Gasteiger partial charge on any atom is 0.329 e. The Morgan fingerprint density at radius 2 is 1.69 bits per heavy atom. The number of rotatable bonds is 2. The quantitative estimate of drug-likeness (QED) is 0.788. The van der Waals surface area contributed by atoms with Crippen LogP contribution in [0.25, 0.3) is 10.8 Å². The van der Waals surface area contributed by atoms with E-state index in [9.17, 15) is 4.57 Å². The van der Waals surface area contributed by atoms with Crippen molar-refractivity contribution in [1.29, 1.82) is 0 Å². The molecule has 0 bridgehead atoms. The Hall–Kier alpha value is -1.15. The van der Waals surface area contributed by atoms with Crippen molar-refractivity contribution in [2.75, 3.05) is 0 Å². The average Bonchev–Trinajstić information content (AvgIpc) is 2.16. The summed E-state index contributed by atoms with van der Waals surface area (Å²) in [6, 6.07) is 11.5. The van der Waals surface area contributed by atoms with Crippen molar-refractivity contribution in [3.8, 4) is 0 Å². The molecular formula is C12H13O3P. The van der Waals surface area contributed by atoms with Gasteiger partial charge in [0.1, 0.15) is 0 Å². The largest absolute Gasteiger partial charge is 0.329 e. The van der Waals surface area contributed by atoms with Crippen LogP contribution in [0.4, 0.5) is 0 Å². The van der Waals surface area contributed by atoms with Crippen LogP contribution in [0.3, 0.4) is 0 Å². The van der Waals surface area contributed by atoms with Gasteiger partial charge in [-0.15, -0.1) is 0 Å². The third kappa shape index (κ3) is 2.70. The first-order chi connectivity index (χ1) is 7.44. The highest BCUT2D eigenvalue weighted by molar-refractivity contribution is 7.50. The molecule has 0 saturated heterocycles. The fraction of sp³-hybridized carbons (Fsp3) is 0.167. The van der Waals surface area contributed by atoms with E-state index in [1.165, 1.54) is 5.56 Å². The summed E-state index contributed by atoms with van der Waals surface area (Å²) in [6.07, 6.45) is -0.198. The first kappa shape index (κ1) is 11.3. The molecule has 0 fully saturated rings. The molecule has 0 spiro atoms. The number of fused-ring (bicyclic) bond motifs is 1. The molecule has 16 heavy (non-hydrogen) atoms. The van der Waals surface area contributed by atoms with Crippen molar-refractivity contribution < 1.29 is 14.4 Å². The van der Waals surface area contributed by atoms with Gasteiger partial charge in [-0.1, -0.05) is 42.0 Å². The predicted molar refractivity (Wildman–Crippen MR) is 64.4 cm³/mol. The molecule has 0 aliphatic carbocycles. The number of benzene rings is 2. The molecule has 84 valence electrons. The first-order valence-electron chi connectivity index (χ1n) is 4.98. The van der Waals surface area contributed by atoms with Crippen LogP contribution in [-0.2, 0) is 10.7 Å². The molecule has 0 saturated carbocycles. The van der Waals surface area contributed by atoms with E-state index in [1.807, 2.05) is 31.2 Å². The minimum Gasteiger partial charge on any atom is -0.324 e. The van der Waals surface area contributed by atoms with Crippen LogP contribution in [0.15, 0.2) is 36.4 Å². The van der Waals surface area contributed by atoms with Crippen molar-refractivity contribution in [1.82, 2.24) is 0 Å². The number of aryl methyl sites for hydroxylation is 1. The topological polar surface area (TPSA) is 57.5 Å². The Balaban J connectivity index is 2.45. The summed E-state index contributed by atoms with van der Waals surface area (Å²) in [5.41, 5.74) is 1.85. The molecular weight excluding hydrogens is 223 g/mol. The van der Waals surface area contributed by atoms with Crippen molar-refractivity contribution in [3.05, 3.63) is 47.5 Å². The van der Waals surface area contributed by atoms with Gasteiger partial charge >= 0.3 is 7.60 Å². The van der Waals surface area contributed by atoms with Crippen LogP contribution in [0, 0.1) is 6.92 Å². The average molecular weight is 236 g/mol. The van der Waals surface area contributed by atoms with Gasteiger partial charge < -0.3 is 9.79 Å². The van der Waals surface area contributed by atoms with Crippen LogP contribution in [0.1, 0.15) is 11.1 Å². The second-order valence-electron chi connectivity index (χ2n) is 4.01. The van der Waals surface area contributed by atoms with Crippen LogP contribution < -0.4 is 0 Å². The zero-order valence-corrected chi connectivity index (χ0v) is 9.82. The molecule has 0 amide bonds. The monoisotopic (exact) mass is 236 g/mol. The van der Waals surface area contributed by atoms with Crippen LogP contribution in [-0.4, -0.2) is 9.79 Å². The molecule has 0 atom stereocenters. The molecule has 2 aromatic carbocycles. The lowest BCUT2D eigenvalue weighted by Gasteiger charge is -2.06. The molecule has 0 aromatic heterocycles. The van der Waals surface area contributed by atoms with Crippen LogP contribution in [0.2, 0.25) is 0 Å². The van der Waals surface area contributed by atoms with E-state index in [-0.39, 0.29) is 6.16 Å². The summed E-state index contributed by atoms with van der Waals surface area (Å²) in [7, 11) is -3.98. The lowest BCUT2D eigenvalue weighted by Crippen LogP contribution is -1.87. The summed E-state index contributed by atoms with van der Waals surface area (Å²) in [5, 5.41) is 2.10. The van der Waals surface area contributed by atoms with Crippen molar-refractivity contribution in [2.24, 2.45) is 0 Å². The van der Waals surface area contributed by atoms with E-state index < -0.39 is 7.60 Å². The van der Waals surface area contributed by atoms with E-state index in [2.05, 4.69) is 6.07 Å². The molecule has 0 aliphatic heterocycles. The SMILES string of the molecule is Cc1ccc2cc(CP(=O)(O)O)ccc2c1.